The third-order valence-corrected chi connectivity index (χ3v) is 2.36. The van der Waals surface area contributed by atoms with Gasteiger partial charge in [-0.3, -0.25) is 0 Å². The fourth-order valence-electron chi connectivity index (χ4n) is 1.55. The summed E-state index contributed by atoms with van der Waals surface area (Å²) in [7, 11) is 0. The average Bonchev–Trinajstić information content (AvgIpc) is 2.27. The van der Waals surface area contributed by atoms with Crippen molar-refractivity contribution in [3.8, 4) is 5.75 Å². The molecule has 102 valence electrons. The number of alkyl halides is 3. The summed E-state index contributed by atoms with van der Waals surface area (Å²) in [5.41, 5.74) is 0. The van der Waals surface area contributed by atoms with Crippen molar-refractivity contribution in [1.29, 1.82) is 0 Å². The van der Waals surface area contributed by atoms with Crippen molar-refractivity contribution < 1.29 is 17.9 Å². The molecule has 0 saturated heterocycles. The molecule has 1 unspecified atom stereocenters. The van der Waals surface area contributed by atoms with E-state index in [-0.39, 0.29) is 0 Å². The number of hydrogen-bond acceptors (Lipinski definition) is 2. The molecule has 0 aromatic heterocycles. The van der Waals surface area contributed by atoms with Gasteiger partial charge in [0.15, 0.2) is 0 Å². The minimum Gasteiger partial charge on any atom is -0.494 e. The molecule has 2 nitrogen and oxygen atoms in total. The Hall–Kier alpha value is -1.23. The van der Waals surface area contributed by atoms with Crippen LogP contribution in [0, 0.1) is 0 Å². The van der Waals surface area contributed by atoms with Crippen molar-refractivity contribution in [3.05, 3.63) is 30.3 Å². The predicted molar refractivity (Wildman–Crippen MR) is 64.7 cm³/mol. The third-order valence-electron chi connectivity index (χ3n) is 2.36. The van der Waals surface area contributed by atoms with E-state index >= 15 is 0 Å². The van der Waals surface area contributed by atoms with E-state index in [1.165, 1.54) is 6.92 Å². The molecular formula is C13H18F3NO. The van der Waals surface area contributed by atoms with Gasteiger partial charge in [-0.1, -0.05) is 18.2 Å². The van der Waals surface area contributed by atoms with Crippen LogP contribution in [0.5, 0.6) is 5.75 Å². The van der Waals surface area contributed by atoms with Crippen LogP contribution in [-0.2, 0) is 0 Å². The Kier molecular flexibility index (Phi) is 5.98. The third kappa shape index (κ3) is 7.17. The van der Waals surface area contributed by atoms with E-state index in [0.29, 0.717) is 19.6 Å². The Labute approximate surface area is 105 Å². The molecule has 0 fully saturated rings. The number of halogens is 3. The van der Waals surface area contributed by atoms with E-state index in [2.05, 4.69) is 5.32 Å². The fourth-order valence-corrected chi connectivity index (χ4v) is 1.55. The quantitative estimate of drug-likeness (QED) is 0.760. The van der Waals surface area contributed by atoms with Crippen molar-refractivity contribution >= 4 is 0 Å². The van der Waals surface area contributed by atoms with Crippen LogP contribution in [0.15, 0.2) is 30.3 Å². The molecule has 5 heteroatoms. The molecule has 0 radical (unpaired) electrons. The van der Waals surface area contributed by atoms with Gasteiger partial charge in [-0.25, -0.2) is 0 Å². The number of nitrogens with one attached hydrogen (secondary N) is 1. The monoisotopic (exact) mass is 261 g/mol. The van der Waals surface area contributed by atoms with E-state index in [4.69, 9.17) is 4.74 Å². The van der Waals surface area contributed by atoms with Crippen LogP contribution < -0.4 is 10.1 Å². The summed E-state index contributed by atoms with van der Waals surface area (Å²) in [5.74, 6) is 0.779. The van der Waals surface area contributed by atoms with E-state index in [1.807, 2.05) is 30.3 Å². The maximum atomic E-state index is 12.0. The first-order valence-corrected chi connectivity index (χ1v) is 5.95. The summed E-state index contributed by atoms with van der Waals surface area (Å²) in [5, 5.41) is 2.83. The van der Waals surface area contributed by atoms with Gasteiger partial charge in [-0.15, -0.1) is 0 Å². The zero-order valence-electron chi connectivity index (χ0n) is 10.3. The highest BCUT2D eigenvalue weighted by Gasteiger charge is 2.29. The first-order chi connectivity index (χ1) is 8.47. The van der Waals surface area contributed by atoms with Crippen LogP contribution in [0.4, 0.5) is 13.2 Å². The highest BCUT2D eigenvalue weighted by molar-refractivity contribution is 5.20. The van der Waals surface area contributed by atoms with E-state index in [1.54, 1.807) is 0 Å². The second kappa shape index (κ2) is 7.26. The number of para-hydroxylation sites is 1. The Morgan fingerprint density at radius 3 is 2.50 bits per heavy atom. The lowest BCUT2D eigenvalue weighted by molar-refractivity contribution is -0.139. The predicted octanol–water partition coefficient (Wildman–Crippen LogP) is 3.39. The normalized spacial score (nSPS) is 13.3. The van der Waals surface area contributed by atoms with E-state index in [9.17, 15) is 13.2 Å². The first-order valence-electron chi connectivity index (χ1n) is 5.95. The van der Waals surface area contributed by atoms with Gasteiger partial charge >= 0.3 is 6.18 Å². The fraction of sp³-hybridized carbons (Fsp3) is 0.538. The molecule has 0 saturated carbocycles. The maximum Gasteiger partial charge on any atom is 0.390 e. The van der Waals surface area contributed by atoms with Gasteiger partial charge in [0.05, 0.1) is 13.0 Å². The molecular weight excluding hydrogens is 243 g/mol. The topological polar surface area (TPSA) is 21.3 Å². The minimum absolute atomic E-state index is 0.496. The Morgan fingerprint density at radius 1 is 1.22 bits per heavy atom. The molecule has 18 heavy (non-hydrogen) atoms. The van der Waals surface area contributed by atoms with Crippen molar-refractivity contribution in [1.82, 2.24) is 5.32 Å². The number of rotatable bonds is 7. The van der Waals surface area contributed by atoms with Crippen LogP contribution in [0.3, 0.4) is 0 Å². The van der Waals surface area contributed by atoms with Gasteiger partial charge < -0.3 is 10.1 Å². The lowest BCUT2D eigenvalue weighted by Crippen LogP contribution is -2.32. The molecule has 0 aliphatic carbocycles. The summed E-state index contributed by atoms with van der Waals surface area (Å²) < 4.78 is 41.5. The smallest absolute Gasteiger partial charge is 0.390 e. The molecule has 0 bridgehead atoms. The van der Waals surface area contributed by atoms with Gasteiger partial charge in [0.1, 0.15) is 5.75 Å². The Morgan fingerprint density at radius 2 is 1.89 bits per heavy atom. The molecule has 1 atom stereocenters. The second-order valence-corrected chi connectivity index (χ2v) is 4.19. The molecule has 0 aliphatic rings. The van der Waals surface area contributed by atoms with Crippen LogP contribution in [0.2, 0.25) is 0 Å². The summed E-state index contributed by atoms with van der Waals surface area (Å²) in [6.45, 7) is 2.55. The minimum atomic E-state index is -4.10. The molecule has 0 heterocycles. The summed E-state index contributed by atoms with van der Waals surface area (Å²) in [6.07, 6.45) is -4.23. The maximum absolute atomic E-state index is 12.0. The lowest BCUT2D eigenvalue weighted by Gasteiger charge is -2.15. The molecule has 1 N–H and O–H groups in total. The second-order valence-electron chi connectivity index (χ2n) is 4.19. The zero-order valence-corrected chi connectivity index (χ0v) is 10.3. The van der Waals surface area contributed by atoms with Gasteiger partial charge in [-0.05, 0) is 32.0 Å². The van der Waals surface area contributed by atoms with Gasteiger partial charge in [-0.2, -0.15) is 13.2 Å². The summed E-state index contributed by atoms with van der Waals surface area (Å²) in [4.78, 5) is 0. The molecule has 0 spiro atoms. The van der Waals surface area contributed by atoms with Gasteiger partial charge in [0.2, 0.25) is 0 Å². The van der Waals surface area contributed by atoms with E-state index in [0.717, 1.165) is 5.75 Å². The van der Waals surface area contributed by atoms with E-state index < -0.39 is 18.6 Å². The first kappa shape index (κ1) is 14.8. The van der Waals surface area contributed by atoms with Crippen LogP contribution >= 0.6 is 0 Å². The standard InChI is InChI=1S/C13H18F3NO/c1-11(10-13(14,15)16)17-8-5-9-18-12-6-3-2-4-7-12/h2-4,6-7,11,17H,5,8-10H2,1H3. The van der Waals surface area contributed by atoms with Crippen molar-refractivity contribution in [3.63, 3.8) is 0 Å². The highest BCUT2D eigenvalue weighted by Crippen LogP contribution is 2.21. The summed E-state index contributed by atoms with van der Waals surface area (Å²) in [6, 6.07) is 8.78. The van der Waals surface area contributed by atoms with Crippen molar-refractivity contribution in [2.75, 3.05) is 13.2 Å². The van der Waals surface area contributed by atoms with Crippen LogP contribution in [0.1, 0.15) is 19.8 Å². The number of benzene rings is 1. The van der Waals surface area contributed by atoms with Gasteiger partial charge in [0, 0.05) is 6.04 Å². The van der Waals surface area contributed by atoms with Crippen molar-refractivity contribution in [2.24, 2.45) is 0 Å². The molecule has 0 aliphatic heterocycles. The summed E-state index contributed by atoms with van der Waals surface area (Å²) >= 11 is 0. The van der Waals surface area contributed by atoms with Gasteiger partial charge in [0.25, 0.3) is 0 Å². The number of hydrogen-bond donors (Lipinski definition) is 1. The molecule has 1 aromatic carbocycles. The Balaban J connectivity index is 2.05. The number of ether oxygens (including phenoxy) is 1. The van der Waals surface area contributed by atoms with Crippen LogP contribution in [-0.4, -0.2) is 25.4 Å². The SMILES string of the molecule is CC(CC(F)(F)F)NCCCOc1ccccc1. The van der Waals surface area contributed by atoms with Crippen molar-refractivity contribution in [2.45, 2.75) is 32.0 Å². The largest absolute Gasteiger partial charge is 0.494 e. The van der Waals surface area contributed by atoms with Crippen LogP contribution in [0.25, 0.3) is 0 Å². The molecule has 1 rings (SSSR count). The average molecular weight is 261 g/mol. The molecule has 1 aromatic rings. The zero-order chi connectivity index (χ0) is 13.4. The lowest BCUT2D eigenvalue weighted by atomic mass is 10.2. The Bertz CT molecular complexity index is 327. The molecule has 0 amide bonds. The highest BCUT2D eigenvalue weighted by atomic mass is 19.4.